The van der Waals surface area contributed by atoms with Gasteiger partial charge in [0.15, 0.2) is 0 Å². The molecule has 0 amide bonds. The molecule has 0 heterocycles. The van der Waals surface area contributed by atoms with Crippen molar-refractivity contribution >= 4 is 0 Å². The third-order valence-electron chi connectivity index (χ3n) is 3.19. The summed E-state index contributed by atoms with van der Waals surface area (Å²) in [4.78, 5) is 0. The lowest BCUT2D eigenvalue weighted by Gasteiger charge is -2.32. The van der Waals surface area contributed by atoms with Crippen LogP contribution >= 0.6 is 0 Å². The lowest BCUT2D eigenvalue weighted by Crippen LogP contribution is -2.54. The average Bonchev–Trinajstić information content (AvgIpc) is 2.39. The Morgan fingerprint density at radius 2 is 2.06 bits per heavy atom. The van der Waals surface area contributed by atoms with E-state index in [1.54, 1.807) is 0 Å². The third kappa shape index (κ3) is 4.52. The topological polar surface area (TPSA) is 38.0 Å². The number of rotatable bonds is 7. The fourth-order valence-electron chi connectivity index (χ4n) is 2.13. The van der Waals surface area contributed by atoms with E-state index in [1.807, 2.05) is 6.07 Å². The van der Waals surface area contributed by atoms with Crippen molar-refractivity contribution in [1.29, 1.82) is 0 Å². The van der Waals surface area contributed by atoms with Gasteiger partial charge in [-0.2, -0.15) is 0 Å². The fraction of sp³-hybridized carbons (Fsp3) is 0.500. The summed E-state index contributed by atoms with van der Waals surface area (Å²) in [5.74, 6) is 2.81. The van der Waals surface area contributed by atoms with E-state index in [1.165, 1.54) is 5.56 Å². The van der Waals surface area contributed by atoms with Crippen LogP contribution in [-0.4, -0.2) is 18.1 Å². The van der Waals surface area contributed by atoms with E-state index < -0.39 is 0 Å². The first-order valence-corrected chi connectivity index (χ1v) is 6.61. The number of nitrogens with one attached hydrogen (secondary N) is 1. The largest absolute Gasteiger partial charge is 0.329 e. The molecule has 0 aromatic heterocycles. The van der Waals surface area contributed by atoms with Crippen molar-refractivity contribution in [1.82, 2.24) is 5.32 Å². The fourth-order valence-corrected chi connectivity index (χ4v) is 2.13. The van der Waals surface area contributed by atoms with Gasteiger partial charge in [-0.25, -0.2) is 0 Å². The maximum Gasteiger partial charge on any atom is 0.0691 e. The zero-order valence-electron chi connectivity index (χ0n) is 11.4. The molecule has 0 aliphatic heterocycles. The first kappa shape index (κ1) is 14.8. The van der Waals surface area contributed by atoms with Crippen LogP contribution in [0, 0.1) is 12.3 Å². The van der Waals surface area contributed by atoms with Crippen molar-refractivity contribution in [2.75, 3.05) is 6.54 Å². The lowest BCUT2D eigenvalue weighted by atomic mass is 9.91. The Kier molecular flexibility index (Phi) is 5.91. The molecular formula is C16H24N2. The van der Waals surface area contributed by atoms with E-state index in [-0.39, 0.29) is 11.6 Å². The molecule has 0 fully saturated rings. The normalized spacial score (nSPS) is 15.7. The molecule has 2 heteroatoms. The molecule has 1 aromatic carbocycles. The minimum Gasteiger partial charge on any atom is -0.329 e. The van der Waals surface area contributed by atoms with Crippen molar-refractivity contribution in [2.45, 2.75) is 44.7 Å². The number of nitrogens with two attached hydrogens (primary N) is 1. The number of hydrogen-bond donors (Lipinski definition) is 2. The smallest absolute Gasteiger partial charge is 0.0691 e. The van der Waals surface area contributed by atoms with Crippen molar-refractivity contribution in [3.05, 3.63) is 35.9 Å². The molecule has 98 valence electrons. The van der Waals surface area contributed by atoms with Crippen molar-refractivity contribution in [3.8, 4) is 12.3 Å². The minimum atomic E-state index is -0.145. The number of benzene rings is 1. The van der Waals surface area contributed by atoms with Gasteiger partial charge in [-0.15, -0.1) is 6.42 Å². The van der Waals surface area contributed by atoms with Gasteiger partial charge < -0.3 is 5.73 Å². The first-order valence-electron chi connectivity index (χ1n) is 6.61. The van der Waals surface area contributed by atoms with Crippen LogP contribution in [0.3, 0.4) is 0 Å². The number of terminal acetylenes is 1. The van der Waals surface area contributed by atoms with Crippen LogP contribution in [0.1, 0.15) is 32.3 Å². The molecule has 0 radical (unpaired) electrons. The summed E-state index contributed by atoms with van der Waals surface area (Å²) in [5.41, 5.74) is 7.06. The van der Waals surface area contributed by atoms with Crippen molar-refractivity contribution in [3.63, 3.8) is 0 Å². The first-order chi connectivity index (χ1) is 8.63. The van der Waals surface area contributed by atoms with Crippen LogP contribution in [-0.2, 0) is 6.42 Å². The lowest BCUT2D eigenvalue weighted by molar-refractivity contribution is 0.332. The second-order valence-corrected chi connectivity index (χ2v) is 5.08. The summed E-state index contributed by atoms with van der Waals surface area (Å²) >= 11 is 0. The molecule has 1 aromatic rings. The van der Waals surface area contributed by atoms with Gasteiger partial charge in [0, 0.05) is 12.1 Å². The molecule has 0 bridgehead atoms. The van der Waals surface area contributed by atoms with Crippen molar-refractivity contribution < 1.29 is 0 Å². The van der Waals surface area contributed by atoms with E-state index >= 15 is 0 Å². The minimum absolute atomic E-state index is 0.104. The molecule has 1 rings (SSSR count). The van der Waals surface area contributed by atoms with Gasteiger partial charge in [-0.3, -0.25) is 5.32 Å². The highest BCUT2D eigenvalue weighted by Gasteiger charge is 2.25. The van der Waals surface area contributed by atoms with E-state index in [9.17, 15) is 0 Å². The third-order valence-corrected chi connectivity index (χ3v) is 3.19. The maximum atomic E-state index is 5.92. The molecule has 0 saturated carbocycles. The Morgan fingerprint density at radius 1 is 1.39 bits per heavy atom. The Labute approximate surface area is 111 Å². The summed E-state index contributed by atoms with van der Waals surface area (Å²) in [6.45, 7) is 4.85. The van der Waals surface area contributed by atoms with Gasteiger partial charge in [0.05, 0.1) is 6.04 Å². The highest BCUT2D eigenvalue weighted by molar-refractivity contribution is 5.18. The van der Waals surface area contributed by atoms with Gasteiger partial charge in [0.2, 0.25) is 0 Å². The van der Waals surface area contributed by atoms with Gasteiger partial charge in [-0.1, -0.05) is 49.6 Å². The van der Waals surface area contributed by atoms with Crippen LogP contribution in [0.15, 0.2) is 30.3 Å². The standard InChI is InChI=1S/C16H24N2/c1-4-9-15(5-2)18-16(3,13-17)12-14-10-7-6-8-11-14/h2,6-8,10-11,15,18H,4,9,12-13,17H2,1,3H3. The Hall–Kier alpha value is -1.30. The van der Waals surface area contributed by atoms with Crippen LogP contribution in [0.5, 0.6) is 0 Å². The predicted octanol–water partition coefficient (Wildman–Crippen LogP) is 2.34. The molecule has 2 unspecified atom stereocenters. The van der Waals surface area contributed by atoms with E-state index in [4.69, 9.17) is 12.2 Å². The van der Waals surface area contributed by atoms with Crippen LogP contribution in [0.25, 0.3) is 0 Å². The monoisotopic (exact) mass is 244 g/mol. The maximum absolute atomic E-state index is 5.92. The molecule has 0 saturated heterocycles. The van der Waals surface area contributed by atoms with E-state index in [2.05, 4.69) is 49.4 Å². The van der Waals surface area contributed by atoms with Crippen LogP contribution in [0.2, 0.25) is 0 Å². The Morgan fingerprint density at radius 3 is 2.56 bits per heavy atom. The van der Waals surface area contributed by atoms with Gasteiger partial charge >= 0.3 is 0 Å². The van der Waals surface area contributed by atoms with Crippen LogP contribution in [0.4, 0.5) is 0 Å². The summed E-state index contributed by atoms with van der Waals surface area (Å²) in [6, 6.07) is 10.5. The Balaban J connectivity index is 2.70. The predicted molar refractivity (Wildman–Crippen MR) is 78.3 cm³/mol. The van der Waals surface area contributed by atoms with Gasteiger partial charge in [0.25, 0.3) is 0 Å². The second kappa shape index (κ2) is 7.20. The molecule has 2 atom stereocenters. The summed E-state index contributed by atoms with van der Waals surface area (Å²) in [5, 5.41) is 3.52. The molecular weight excluding hydrogens is 220 g/mol. The number of hydrogen-bond acceptors (Lipinski definition) is 2. The van der Waals surface area contributed by atoms with E-state index in [0.717, 1.165) is 19.3 Å². The SMILES string of the molecule is C#CC(CCC)NC(C)(CN)Cc1ccccc1. The second-order valence-electron chi connectivity index (χ2n) is 5.08. The molecule has 18 heavy (non-hydrogen) atoms. The van der Waals surface area contributed by atoms with Gasteiger partial charge in [-0.05, 0) is 25.3 Å². The highest BCUT2D eigenvalue weighted by Crippen LogP contribution is 2.14. The molecule has 3 N–H and O–H groups in total. The zero-order chi connectivity index (χ0) is 13.4. The van der Waals surface area contributed by atoms with Crippen molar-refractivity contribution in [2.24, 2.45) is 5.73 Å². The quantitative estimate of drug-likeness (QED) is 0.723. The zero-order valence-corrected chi connectivity index (χ0v) is 11.4. The average molecular weight is 244 g/mol. The Bertz CT molecular complexity index is 380. The van der Waals surface area contributed by atoms with Gasteiger partial charge in [0.1, 0.15) is 0 Å². The highest BCUT2D eigenvalue weighted by atomic mass is 15.0. The molecule has 0 spiro atoms. The summed E-state index contributed by atoms with van der Waals surface area (Å²) < 4.78 is 0. The molecule has 2 nitrogen and oxygen atoms in total. The molecule has 0 aliphatic rings. The summed E-state index contributed by atoms with van der Waals surface area (Å²) in [6.07, 6.45) is 8.52. The molecule has 0 aliphatic carbocycles. The van der Waals surface area contributed by atoms with E-state index in [0.29, 0.717) is 6.54 Å². The summed E-state index contributed by atoms with van der Waals surface area (Å²) in [7, 11) is 0. The van der Waals surface area contributed by atoms with Crippen LogP contribution < -0.4 is 11.1 Å².